The predicted molar refractivity (Wildman–Crippen MR) is 111 cm³/mol. The van der Waals surface area contributed by atoms with Crippen LogP contribution in [0, 0.1) is 20.8 Å². The van der Waals surface area contributed by atoms with Gasteiger partial charge in [0, 0.05) is 5.56 Å². The van der Waals surface area contributed by atoms with Gasteiger partial charge in [0.2, 0.25) is 5.95 Å². The number of nitrogens with one attached hydrogen (secondary N) is 1. The molecule has 138 valence electrons. The topological polar surface area (TPSA) is 67.8 Å². The molecule has 5 heteroatoms. The largest absolute Gasteiger partial charge is 0.289 e. The highest BCUT2D eigenvalue weighted by Gasteiger charge is 2.13. The van der Waals surface area contributed by atoms with Gasteiger partial charge in [-0.25, -0.2) is 4.98 Å². The van der Waals surface area contributed by atoms with Gasteiger partial charge in [-0.05, 0) is 72.9 Å². The van der Waals surface area contributed by atoms with Crippen LogP contribution < -0.4 is 5.32 Å². The van der Waals surface area contributed by atoms with E-state index in [9.17, 15) is 4.79 Å². The summed E-state index contributed by atoms with van der Waals surface area (Å²) in [5, 5.41) is 11.1. The second-order valence-corrected chi connectivity index (χ2v) is 6.88. The summed E-state index contributed by atoms with van der Waals surface area (Å²) in [4.78, 5) is 16.8. The highest BCUT2D eigenvalue weighted by Crippen LogP contribution is 2.30. The molecule has 0 atom stereocenters. The van der Waals surface area contributed by atoms with Gasteiger partial charge in [0.15, 0.2) is 0 Å². The molecule has 0 saturated carbocycles. The third-order valence-corrected chi connectivity index (χ3v) is 4.78. The smallest absolute Gasteiger partial charge is 0.258 e. The van der Waals surface area contributed by atoms with Crippen molar-refractivity contribution in [2.75, 3.05) is 5.32 Å². The molecule has 0 bridgehead atoms. The number of carbonyl (C=O) groups excluding carboxylic acids is 1. The minimum absolute atomic E-state index is 0.198. The van der Waals surface area contributed by atoms with E-state index in [4.69, 9.17) is 0 Å². The van der Waals surface area contributed by atoms with Crippen molar-refractivity contribution >= 4 is 22.9 Å². The highest BCUT2D eigenvalue weighted by atomic mass is 16.1. The number of rotatable bonds is 3. The van der Waals surface area contributed by atoms with Crippen LogP contribution >= 0.6 is 0 Å². The van der Waals surface area contributed by atoms with E-state index in [1.54, 1.807) is 12.1 Å². The van der Waals surface area contributed by atoms with Crippen LogP contribution in [-0.2, 0) is 0 Å². The van der Waals surface area contributed by atoms with E-state index in [-0.39, 0.29) is 11.9 Å². The van der Waals surface area contributed by atoms with Crippen LogP contribution in [0.1, 0.15) is 27.0 Å². The molecule has 1 aromatic heterocycles. The maximum atomic E-state index is 12.3. The molecule has 1 N–H and O–H groups in total. The molecule has 0 aliphatic heterocycles. The molecule has 0 unspecified atom stereocenters. The molecule has 4 aromatic rings. The lowest BCUT2D eigenvalue weighted by atomic mass is 9.94. The van der Waals surface area contributed by atoms with Crippen molar-refractivity contribution in [3.8, 4) is 11.1 Å². The Kier molecular flexibility index (Phi) is 4.57. The second kappa shape index (κ2) is 7.19. The molecule has 0 spiro atoms. The van der Waals surface area contributed by atoms with Crippen molar-refractivity contribution < 1.29 is 4.79 Å². The molecule has 1 heterocycles. The minimum Gasteiger partial charge on any atom is -0.289 e. The van der Waals surface area contributed by atoms with Crippen LogP contribution in [0.5, 0.6) is 0 Å². The Hall–Kier alpha value is -3.60. The number of nitrogens with zero attached hydrogens (tertiary/aromatic N) is 3. The van der Waals surface area contributed by atoms with Crippen molar-refractivity contribution in [3.63, 3.8) is 0 Å². The average Bonchev–Trinajstić information content (AvgIpc) is 2.69. The van der Waals surface area contributed by atoms with Crippen LogP contribution in [0.2, 0.25) is 0 Å². The highest BCUT2D eigenvalue weighted by molar-refractivity contribution is 6.03. The molecule has 4 rings (SSSR count). The maximum absolute atomic E-state index is 12.3. The number of benzene rings is 3. The van der Waals surface area contributed by atoms with Crippen LogP contribution in [0.3, 0.4) is 0 Å². The molecule has 3 aromatic carbocycles. The zero-order chi connectivity index (χ0) is 19.7. The quantitative estimate of drug-likeness (QED) is 0.560. The van der Waals surface area contributed by atoms with Crippen LogP contribution in [0.15, 0.2) is 60.7 Å². The van der Waals surface area contributed by atoms with Crippen LogP contribution in [0.25, 0.3) is 22.2 Å². The van der Waals surface area contributed by atoms with Crippen LogP contribution in [-0.4, -0.2) is 21.1 Å². The Bertz CT molecular complexity index is 1170. The number of hydrogen-bond donors (Lipinski definition) is 1. The van der Waals surface area contributed by atoms with E-state index in [0.717, 1.165) is 16.6 Å². The fourth-order valence-electron chi connectivity index (χ4n) is 3.44. The number of hydrogen-bond acceptors (Lipinski definition) is 4. The fourth-order valence-corrected chi connectivity index (χ4v) is 3.44. The van der Waals surface area contributed by atoms with Crippen LogP contribution in [0.4, 0.5) is 5.95 Å². The van der Waals surface area contributed by atoms with Crippen molar-refractivity contribution in [1.29, 1.82) is 0 Å². The lowest BCUT2D eigenvalue weighted by molar-refractivity contribution is 0.102. The first-order chi connectivity index (χ1) is 13.5. The minimum atomic E-state index is -0.258. The fraction of sp³-hybridized carbons (Fsp3) is 0.130. The van der Waals surface area contributed by atoms with Gasteiger partial charge in [-0.15, -0.1) is 10.2 Å². The normalized spacial score (nSPS) is 10.8. The van der Waals surface area contributed by atoms with E-state index in [1.165, 1.54) is 16.7 Å². The summed E-state index contributed by atoms with van der Waals surface area (Å²) in [5.41, 5.74) is 7.70. The number of carbonyl (C=O) groups is 1. The van der Waals surface area contributed by atoms with Gasteiger partial charge in [0.25, 0.3) is 5.91 Å². The van der Waals surface area contributed by atoms with E-state index in [0.29, 0.717) is 11.1 Å². The van der Waals surface area contributed by atoms with E-state index >= 15 is 0 Å². The van der Waals surface area contributed by atoms with Crippen molar-refractivity contribution in [3.05, 3.63) is 82.9 Å². The number of anilines is 1. The summed E-state index contributed by atoms with van der Waals surface area (Å²) in [6.45, 7) is 6.21. The molecule has 1 amide bonds. The van der Waals surface area contributed by atoms with Crippen molar-refractivity contribution in [2.24, 2.45) is 0 Å². The van der Waals surface area contributed by atoms with Crippen molar-refractivity contribution in [2.45, 2.75) is 20.8 Å². The summed E-state index contributed by atoms with van der Waals surface area (Å²) < 4.78 is 0. The Morgan fingerprint density at radius 3 is 2.25 bits per heavy atom. The molecule has 28 heavy (non-hydrogen) atoms. The Labute approximate surface area is 163 Å². The van der Waals surface area contributed by atoms with Gasteiger partial charge in [-0.3, -0.25) is 10.1 Å². The molecular weight excluding hydrogens is 348 g/mol. The van der Waals surface area contributed by atoms with Crippen molar-refractivity contribution in [1.82, 2.24) is 15.2 Å². The Balaban J connectivity index is 1.72. The molecule has 0 aliphatic carbocycles. The summed E-state index contributed by atoms with van der Waals surface area (Å²) in [7, 11) is 0. The monoisotopic (exact) mass is 368 g/mol. The zero-order valence-electron chi connectivity index (χ0n) is 16.0. The first kappa shape index (κ1) is 17.8. The summed E-state index contributed by atoms with van der Waals surface area (Å²) in [5.74, 6) is -0.0594. The lowest BCUT2D eigenvalue weighted by Crippen LogP contribution is -2.14. The summed E-state index contributed by atoms with van der Waals surface area (Å²) >= 11 is 0. The third-order valence-electron chi connectivity index (χ3n) is 4.78. The first-order valence-electron chi connectivity index (χ1n) is 9.11. The standard InChI is InChI=1S/C23H20N4O/c1-14-8-7-9-15(2)20(14)18-12-16(3)21-19(13-18)26-27-23(24-21)25-22(28)17-10-5-4-6-11-17/h4-13H,1-3H3,(H,24,25,27,28). The number of aryl methyl sites for hydroxylation is 3. The average molecular weight is 368 g/mol. The van der Waals surface area contributed by atoms with Gasteiger partial charge < -0.3 is 0 Å². The van der Waals surface area contributed by atoms with E-state index < -0.39 is 0 Å². The number of amides is 1. The second-order valence-electron chi connectivity index (χ2n) is 6.88. The van der Waals surface area contributed by atoms with E-state index in [2.05, 4.69) is 58.6 Å². The van der Waals surface area contributed by atoms with Gasteiger partial charge in [-0.2, -0.15) is 0 Å². The molecular formula is C23H20N4O. The molecule has 0 aliphatic rings. The molecule has 0 radical (unpaired) electrons. The van der Waals surface area contributed by atoms with Gasteiger partial charge >= 0.3 is 0 Å². The third kappa shape index (κ3) is 3.34. The summed E-state index contributed by atoms with van der Waals surface area (Å²) in [6.07, 6.45) is 0. The van der Waals surface area contributed by atoms with E-state index in [1.807, 2.05) is 31.2 Å². The first-order valence-corrected chi connectivity index (χ1v) is 9.11. The maximum Gasteiger partial charge on any atom is 0.258 e. The SMILES string of the molecule is Cc1cccc(C)c1-c1cc(C)c2nc(NC(=O)c3ccccc3)nnc2c1. The Morgan fingerprint density at radius 1 is 0.821 bits per heavy atom. The zero-order valence-corrected chi connectivity index (χ0v) is 16.0. The lowest BCUT2D eigenvalue weighted by Gasteiger charge is -2.12. The van der Waals surface area contributed by atoms with Gasteiger partial charge in [-0.1, -0.05) is 36.4 Å². The summed E-state index contributed by atoms with van der Waals surface area (Å²) in [6, 6.07) is 19.4. The molecule has 5 nitrogen and oxygen atoms in total. The van der Waals surface area contributed by atoms with Gasteiger partial charge in [0.1, 0.15) is 5.52 Å². The molecule has 0 saturated heterocycles. The number of aromatic nitrogens is 3. The number of fused-ring (bicyclic) bond motifs is 1. The van der Waals surface area contributed by atoms with Gasteiger partial charge in [0.05, 0.1) is 5.52 Å². The molecule has 0 fully saturated rings. The Morgan fingerprint density at radius 2 is 1.54 bits per heavy atom. The predicted octanol–water partition coefficient (Wildman–Crippen LogP) is 4.87.